The smallest absolute Gasteiger partial charge is 0.326 e. The van der Waals surface area contributed by atoms with Gasteiger partial charge in [-0.2, -0.15) is 0 Å². The third-order valence-corrected chi connectivity index (χ3v) is 4.10. The van der Waals surface area contributed by atoms with Crippen molar-refractivity contribution in [3.8, 4) is 0 Å². The molecule has 2 aromatic heterocycles. The molecular formula is C17H19N3O3. The predicted molar refractivity (Wildman–Crippen MR) is 88.5 cm³/mol. The average molecular weight is 313 g/mol. The van der Waals surface area contributed by atoms with Crippen LogP contribution in [0, 0.1) is 12.8 Å². The molecule has 0 saturated heterocycles. The van der Waals surface area contributed by atoms with E-state index in [9.17, 15) is 9.90 Å². The lowest BCUT2D eigenvalue weighted by molar-refractivity contribution is -0.139. The largest absolute Gasteiger partial charge is 0.480 e. The van der Waals surface area contributed by atoms with Crippen molar-refractivity contribution in [2.24, 2.45) is 5.92 Å². The Hall–Kier alpha value is -2.63. The van der Waals surface area contributed by atoms with Gasteiger partial charge in [0.25, 0.3) is 0 Å². The Balaban J connectivity index is 2.15. The molecule has 2 atom stereocenters. The number of hydrogen-bond acceptors (Lipinski definition) is 5. The number of rotatable bonds is 5. The van der Waals surface area contributed by atoms with Gasteiger partial charge in [-0.25, -0.2) is 14.8 Å². The highest BCUT2D eigenvalue weighted by molar-refractivity contribution is 6.05. The van der Waals surface area contributed by atoms with Gasteiger partial charge < -0.3 is 14.8 Å². The molecule has 6 nitrogen and oxygen atoms in total. The zero-order valence-corrected chi connectivity index (χ0v) is 13.3. The number of furan rings is 1. The lowest BCUT2D eigenvalue weighted by atomic mass is 9.99. The molecule has 120 valence electrons. The minimum Gasteiger partial charge on any atom is -0.480 e. The van der Waals surface area contributed by atoms with Gasteiger partial charge in [0.05, 0.1) is 0 Å². The number of fused-ring (bicyclic) bond motifs is 3. The molecule has 3 rings (SSSR count). The number of para-hydroxylation sites is 1. The van der Waals surface area contributed by atoms with Gasteiger partial charge in [0.1, 0.15) is 23.0 Å². The van der Waals surface area contributed by atoms with Crippen molar-refractivity contribution in [3.63, 3.8) is 0 Å². The molecule has 0 spiro atoms. The summed E-state index contributed by atoms with van der Waals surface area (Å²) in [5, 5.41) is 13.4. The van der Waals surface area contributed by atoms with Crippen molar-refractivity contribution in [1.29, 1.82) is 0 Å². The van der Waals surface area contributed by atoms with Crippen molar-refractivity contribution in [2.75, 3.05) is 5.32 Å². The minimum atomic E-state index is -0.903. The fraction of sp³-hybridized carbons (Fsp3) is 0.353. The summed E-state index contributed by atoms with van der Waals surface area (Å²) in [7, 11) is 0. The maximum absolute atomic E-state index is 11.6. The third-order valence-electron chi connectivity index (χ3n) is 4.10. The van der Waals surface area contributed by atoms with E-state index in [0.717, 1.165) is 11.8 Å². The first-order chi connectivity index (χ1) is 11.0. The van der Waals surface area contributed by atoms with Gasteiger partial charge in [-0.05, 0) is 25.0 Å². The first-order valence-corrected chi connectivity index (χ1v) is 7.66. The number of benzene rings is 1. The van der Waals surface area contributed by atoms with Crippen molar-refractivity contribution < 1.29 is 14.3 Å². The number of aryl methyl sites for hydroxylation is 1. The minimum absolute atomic E-state index is 0.0396. The molecule has 0 aliphatic rings. The Morgan fingerprint density at radius 3 is 2.78 bits per heavy atom. The van der Waals surface area contributed by atoms with E-state index in [2.05, 4.69) is 15.3 Å². The van der Waals surface area contributed by atoms with Gasteiger partial charge in [0.15, 0.2) is 11.4 Å². The van der Waals surface area contributed by atoms with Crippen molar-refractivity contribution in [3.05, 3.63) is 30.1 Å². The molecule has 1 unspecified atom stereocenters. The Labute approximate surface area is 133 Å². The van der Waals surface area contributed by atoms with E-state index in [1.807, 2.05) is 38.1 Å². The second-order valence-electron chi connectivity index (χ2n) is 5.74. The van der Waals surface area contributed by atoms with Gasteiger partial charge in [-0.1, -0.05) is 32.4 Å². The van der Waals surface area contributed by atoms with E-state index in [1.54, 1.807) is 6.92 Å². The number of carboxylic acids is 1. The van der Waals surface area contributed by atoms with E-state index >= 15 is 0 Å². The molecule has 2 heterocycles. The van der Waals surface area contributed by atoms with Crippen molar-refractivity contribution >= 4 is 33.9 Å². The Bertz CT molecular complexity index is 872. The number of carbonyl (C=O) groups is 1. The normalized spacial score (nSPS) is 14.0. The molecule has 1 aromatic carbocycles. The first kappa shape index (κ1) is 15.3. The number of nitrogens with one attached hydrogen (secondary N) is 1. The molecular weight excluding hydrogens is 294 g/mol. The number of anilines is 1. The molecule has 23 heavy (non-hydrogen) atoms. The van der Waals surface area contributed by atoms with E-state index in [0.29, 0.717) is 28.3 Å². The Morgan fingerprint density at radius 2 is 2.09 bits per heavy atom. The highest BCUT2D eigenvalue weighted by Gasteiger charge is 2.26. The number of hydrogen-bond donors (Lipinski definition) is 2. The zero-order valence-electron chi connectivity index (χ0n) is 13.3. The van der Waals surface area contributed by atoms with Crippen LogP contribution < -0.4 is 5.32 Å². The Kier molecular flexibility index (Phi) is 3.90. The first-order valence-electron chi connectivity index (χ1n) is 7.66. The summed E-state index contributed by atoms with van der Waals surface area (Å²) in [5.74, 6) is 0.0540. The molecule has 0 radical (unpaired) electrons. The van der Waals surface area contributed by atoms with E-state index < -0.39 is 12.0 Å². The third kappa shape index (κ3) is 2.72. The van der Waals surface area contributed by atoms with Gasteiger partial charge in [-0.15, -0.1) is 0 Å². The van der Waals surface area contributed by atoms with Crippen LogP contribution in [0.25, 0.3) is 22.1 Å². The highest BCUT2D eigenvalue weighted by atomic mass is 16.4. The fourth-order valence-electron chi connectivity index (χ4n) is 2.63. The molecule has 0 bridgehead atoms. The maximum Gasteiger partial charge on any atom is 0.326 e. The van der Waals surface area contributed by atoms with Gasteiger partial charge in [0.2, 0.25) is 0 Å². The van der Waals surface area contributed by atoms with Gasteiger partial charge in [0, 0.05) is 5.39 Å². The Morgan fingerprint density at radius 1 is 1.35 bits per heavy atom. The maximum atomic E-state index is 11.6. The van der Waals surface area contributed by atoms with E-state index in [1.165, 1.54) is 0 Å². The second-order valence-corrected chi connectivity index (χ2v) is 5.74. The fourth-order valence-corrected chi connectivity index (χ4v) is 2.63. The lowest BCUT2D eigenvalue weighted by Gasteiger charge is -2.20. The second kappa shape index (κ2) is 5.87. The molecule has 3 aromatic rings. The predicted octanol–water partition coefficient (Wildman–Crippen LogP) is 3.60. The SMILES string of the molecule is CCC(C)[C@H](Nc1nc(C)nc2c1oc1ccccc12)C(=O)O. The van der Waals surface area contributed by atoms with Crippen LogP contribution in [0.5, 0.6) is 0 Å². The molecule has 0 saturated carbocycles. The van der Waals surface area contributed by atoms with Crippen LogP contribution in [0.2, 0.25) is 0 Å². The number of nitrogens with zero attached hydrogens (tertiary/aromatic N) is 2. The van der Waals surface area contributed by atoms with Gasteiger partial charge in [-0.3, -0.25) is 0 Å². The summed E-state index contributed by atoms with van der Waals surface area (Å²) in [6.45, 7) is 5.64. The summed E-state index contributed by atoms with van der Waals surface area (Å²) in [4.78, 5) is 20.4. The van der Waals surface area contributed by atoms with Crippen LogP contribution in [-0.4, -0.2) is 27.1 Å². The van der Waals surface area contributed by atoms with Crippen LogP contribution >= 0.6 is 0 Å². The van der Waals surface area contributed by atoms with Crippen LogP contribution in [0.4, 0.5) is 5.82 Å². The quantitative estimate of drug-likeness (QED) is 0.748. The molecule has 0 fully saturated rings. The summed E-state index contributed by atoms with van der Waals surface area (Å²) in [6.07, 6.45) is 0.747. The molecule has 0 aliphatic heterocycles. The average Bonchev–Trinajstić information content (AvgIpc) is 2.90. The topological polar surface area (TPSA) is 88.3 Å². The van der Waals surface area contributed by atoms with Crippen molar-refractivity contribution in [1.82, 2.24) is 9.97 Å². The van der Waals surface area contributed by atoms with Crippen molar-refractivity contribution in [2.45, 2.75) is 33.2 Å². The molecule has 0 aliphatic carbocycles. The number of aromatic nitrogens is 2. The number of aliphatic carboxylic acids is 1. The summed E-state index contributed by atoms with van der Waals surface area (Å²) in [5.41, 5.74) is 1.90. The highest BCUT2D eigenvalue weighted by Crippen LogP contribution is 2.31. The lowest BCUT2D eigenvalue weighted by Crippen LogP contribution is -2.35. The van der Waals surface area contributed by atoms with E-state index in [4.69, 9.17) is 4.42 Å². The summed E-state index contributed by atoms with van der Waals surface area (Å²) in [6, 6.07) is 6.86. The molecule has 2 N–H and O–H groups in total. The van der Waals surface area contributed by atoms with E-state index in [-0.39, 0.29) is 5.92 Å². The summed E-state index contributed by atoms with van der Waals surface area (Å²) < 4.78 is 5.85. The molecule has 0 amide bonds. The van der Waals surface area contributed by atoms with Crippen LogP contribution in [0.15, 0.2) is 28.7 Å². The van der Waals surface area contributed by atoms with Gasteiger partial charge >= 0.3 is 5.97 Å². The number of carboxylic acid groups (broad SMARTS) is 1. The summed E-state index contributed by atoms with van der Waals surface area (Å²) >= 11 is 0. The molecule has 6 heteroatoms. The van der Waals surface area contributed by atoms with Crippen LogP contribution in [0.3, 0.4) is 0 Å². The standard InChI is InChI=1S/C17H19N3O3/c1-4-9(2)13(17(21)22)20-16-15-14(18-10(3)19-16)11-7-5-6-8-12(11)23-15/h5-9,13H,4H2,1-3H3,(H,21,22)(H,18,19,20)/t9?,13-/m0/s1. The van der Waals surface area contributed by atoms with Crippen LogP contribution in [-0.2, 0) is 4.79 Å². The monoisotopic (exact) mass is 313 g/mol. The zero-order chi connectivity index (χ0) is 16.6. The van der Waals surface area contributed by atoms with Crippen LogP contribution in [0.1, 0.15) is 26.1 Å².